The van der Waals surface area contributed by atoms with Crippen molar-refractivity contribution >= 4 is 80.7 Å². The summed E-state index contributed by atoms with van der Waals surface area (Å²) in [5.41, 5.74) is 0.278. The standard InChI is InChI=1S/C74H95N13O14/c1-43(75-9)63(88)82-61(73(3,4)5)69(94)77-54-22-16-17-35-100-53-29-25-45(26-30-53)38-58(71(96)97)81-67(92)57(40-47-24-28-49-19-13-15-21-51(49)37-47)80-68(93)60-59(32-34-87(60)70(95)62(74(6,7)8)83-64(89)44(2)76-10)101-42-52-41-86(85-84-52)33-31-55(72(98)99-11)78-66(91)56(79-65(54)90)39-46-23-27-48-18-12-14-20-50(48)36-46/h12-21,23-30,36-37,41,43-44,54-62,75-76H,22,31-35,38-40,42H2,1-11H3,(H,77,94)(H,78,91)(H,79,90)(H,80,93)(H,81,92)(H,82,88)(H,83,89)(H,96,97)/t43-,44-,54-,55-,56-,57-,58+,59+,60?,61+,62+/m0/s1. The molecule has 6 aromatic rings. The maximum absolute atomic E-state index is 15.3. The molecule has 10 N–H and O–H groups in total. The number of likely N-dealkylation sites (tertiary alicyclic amines) is 1. The lowest BCUT2D eigenvalue weighted by Crippen LogP contribution is -2.62. The minimum atomic E-state index is -1.51. The Morgan fingerprint density at radius 3 is 1.73 bits per heavy atom. The number of carboxylic acids is 1. The zero-order valence-corrected chi connectivity index (χ0v) is 59.1. The van der Waals surface area contributed by atoms with Crippen LogP contribution in [0.25, 0.3) is 21.5 Å². The topological polar surface area (TPSA) is 361 Å². The fraction of sp³-hybridized carbons (Fsp3) is 0.459. The summed E-state index contributed by atoms with van der Waals surface area (Å²) < 4.78 is 19.2. The number of esters is 1. The van der Waals surface area contributed by atoms with Gasteiger partial charge in [0, 0.05) is 32.4 Å². The number of fused-ring (bicyclic) bond motifs is 23. The van der Waals surface area contributed by atoms with Gasteiger partial charge in [-0.1, -0.05) is 156 Å². The van der Waals surface area contributed by atoms with Gasteiger partial charge >= 0.3 is 11.9 Å². The molecule has 0 saturated carbocycles. The molecule has 1 aromatic heterocycles. The van der Waals surface area contributed by atoms with E-state index in [2.05, 4.69) is 58.2 Å². The molecule has 8 amide bonds. The smallest absolute Gasteiger partial charge is 0.328 e. The first-order valence-corrected chi connectivity index (χ1v) is 33.9. The van der Waals surface area contributed by atoms with Crippen LogP contribution in [0.5, 0.6) is 5.75 Å². The average Bonchev–Trinajstić information content (AvgIpc) is 1.68. The summed E-state index contributed by atoms with van der Waals surface area (Å²) in [6.45, 7) is 13.5. The summed E-state index contributed by atoms with van der Waals surface area (Å²) in [5.74, 6) is -7.22. The van der Waals surface area contributed by atoms with E-state index in [-0.39, 0.29) is 70.5 Å². The van der Waals surface area contributed by atoms with Crippen LogP contribution in [-0.2, 0) is 89.8 Å². The zero-order chi connectivity index (χ0) is 73.3. The van der Waals surface area contributed by atoms with E-state index in [1.165, 1.54) is 15.8 Å². The monoisotopic (exact) mass is 1390 g/mol. The molecule has 27 nitrogen and oxygen atoms in total. The van der Waals surface area contributed by atoms with Crippen molar-refractivity contribution in [3.05, 3.63) is 150 Å². The summed E-state index contributed by atoms with van der Waals surface area (Å²) in [6.07, 6.45) is 3.17. The molecule has 9 rings (SSSR count). The second kappa shape index (κ2) is 34.8. The highest BCUT2D eigenvalue weighted by Gasteiger charge is 2.48. The van der Waals surface area contributed by atoms with Gasteiger partial charge in [-0.25, -0.2) is 9.59 Å². The molecular weight excluding hydrogens is 1290 g/mol. The molecule has 11 atom stereocenters. The summed E-state index contributed by atoms with van der Waals surface area (Å²) in [4.78, 5) is 145. The number of hydrogen-bond acceptors (Lipinski definition) is 17. The van der Waals surface area contributed by atoms with Crippen LogP contribution in [0.15, 0.2) is 128 Å². The van der Waals surface area contributed by atoms with Crippen LogP contribution in [0.4, 0.5) is 0 Å². The molecule has 5 aromatic carbocycles. The third-order valence-electron chi connectivity index (χ3n) is 18.1. The van der Waals surface area contributed by atoms with Crippen LogP contribution >= 0.6 is 0 Å². The highest BCUT2D eigenvalue weighted by atomic mass is 16.5. The summed E-state index contributed by atoms with van der Waals surface area (Å²) >= 11 is 0. The molecule has 0 spiro atoms. The number of aryl methyl sites for hydroxylation is 1. The molecule has 3 aliphatic heterocycles. The van der Waals surface area contributed by atoms with Gasteiger partial charge in [-0.15, -0.1) is 5.10 Å². The normalized spacial score (nSPS) is 21.5. The van der Waals surface area contributed by atoms with Crippen LogP contribution < -0.4 is 52.6 Å². The number of aliphatic carboxylic acids is 1. The summed E-state index contributed by atoms with van der Waals surface area (Å²) in [5, 5.41) is 48.3. The zero-order valence-electron chi connectivity index (χ0n) is 59.1. The lowest BCUT2D eigenvalue weighted by molar-refractivity contribution is -0.147. The van der Waals surface area contributed by atoms with E-state index < -0.39 is 137 Å². The van der Waals surface area contributed by atoms with Crippen molar-refractivity contribution in [1.29, 1.82) is 0 Å². The van der Waals surface area contributed by atoms with E-state index in [9.17, 15) is 43.5 Å². The van der Waals surface area contributed by atoms with Crippen molar-refractivity contribution in [1.82, 2.24) is 67.7 Å². The lowest BCUT2D eigenvalue weighted by Gasteiger charge is -2.37. The number of aromatic nitrogens is 3. The van der Waals surface area contributed by atoms with E-state index in [4.69, 9.17) is 14.2 Å². The van der Waals surface area contributed by atoms with Gasteiger partial charge in [-0.3, -0.25) is 43.0 Å². The average molecular weight is 1390 g/mol. The summed E-state index contributed by atoms with van der Waals surface area (Å²) in [6, 6.07) is 20.7. The van der Waals surface area contributed by atoms with Gasteiger partial charge in [0.05, 0.1) is 38.1 Å². The molecule has 1 unspecified atom stereocenters. The van der Waals surface area contributed by atoms with Crippen LogP contribution in [-0.4, -0.2) is 185 Å². The Balaban J connectivity index is 1.15. The maximum atomic E-state index is 15.3. The number of carboxylic acid groups (broad SMARTS) is 1. The van der Waals surface area contributed by atoms with E-state index >= 15 is 9.59 Å². The van der Waals surface area contributed by atoms with Crippen molar-refractivity contribution in [2.24, 2.45) is 10.8 Å². The van der Waals surface area contributed by atoms with Gasteiger partial charge in [0.1, 0.15) is 66.4 Å². The molecule has 1 saturated heterocycles. The Morgan fingerprint density at radius 1 is 0.644 bits per heavy atom. The van der Waals surface area contributed by atoms with Crippen LogP contribution in [0.2, 0.25) is 0 Å². The Kier molecular flexibility index (Phi) is 26.4. The summed E-state index contributed by atoms with van der Waals surface area (Å²) in [7, 11) is 4.37. The Morgan fingerprint density at radius 2 is 1.19 bits per heavy atom. The third-order valence-corrected chi connectivity index (χ3v) is 18.1. The fourth-order valence-corrected chi connectivity index (χ4v) is 11.9. The number of carbonyl (C=O) groups is 10. The Labute approximate surface area is 587 Å². The number of rotatable bonds is 15. The molecule has 27 heteroatoms. The first kappa shape index (κ1) is 76.6. The quantitative estimate of drug-likeness (QED) is 0.0519. The second-order valence-corrected chi connectivity index (χ2v) is 27.8. The first-order valence-electron chi connectivity index (χ1n) is 33.9. The second-order valence-electron chi connectivity index (χ2n) is 27.8. The predicted molar refractivity (Wildman–Crippen MR) is 377 cm³/mol. The molecule has 101 heavy (non-hydrogen) atoms. The fourth-order valence-electron chi connectivity index (χ4n) is 11.9. The molecule has 0 aliphatic carbocycles. The Bertz CT molecular complexity index is 3980. The van der Waals surface area contributed by atoms with Crippen molar-refractivity contribution in [3.63, 3.8) is 0 Å². The number of nitrogens with zero attached hydrogens (tertiary/aromatic N) is 4. The van der Waals surface area contributed by atoms with Crippen molar-refractivity contribution < 1.29 is 67.3 Å². The lowest BCUT2D eigenvalue weighted by atomic mass is 9.85. The molecule has 1 fully saturated rings. The minimum Gasteiger partial charge on any atom is -0.490 e. The third kappa shape index (κ3) is 21.0. The van der Waals surface area contributed by atoms with E-state index in [0.29, 0.717) is 22.4 Å². The largest absolute Gasteiger partial charge is 0.490 e. The first-order chi connectivity index (χ1) is 48.0. The van der Waals surface area contributed by atoms with Crippen LogP contribution in [0.3, 0.4) is 0 Å². The maximum Gasteiger partial charge on any atom is 0.328 e. The molecule has 0 radical (unpaired) electrons. The number of hydrogen-bond donors (Lipinski definition) is 10. The molecule has 4 bridgehead atoms. The number of likely N-dealkylation sites (N-methyl/N-ethyl adjacent to an activating group) is 2. The number of ether oxygens (including phenoxy) is 3. The molecular formula is C74H95N13O14. The molecule has 3 aliphatic rings. The van der Waals surface area contributed by atoms with Gasteiger partial charge < -0.3 is 72.1 Å². The van der Waals surface area contributed by atoms with Crippen LogP contribution in [0, 0.1) is 10.8 Å². The van der Waals surface area contributed by atoms with Crippen molar-refractivity contribution in [2.75, 3.05) is 34.4 Å². The highest BCUT2D eigenvalue weighted by Crippen LogP contribution is 2.30. The highest BCUT2D eigenvalue weighted by molar-refractivity contribution is 5.98. The number of carbonyl (C=O) groups excluding carboxylic acids is 9. The number of methoxy groups -OCH3 is 1. The number of nitrogens with one attached hydrogen (secondary N) is 9. The predicted octanol–water partition coefficient (Wildman–Crippen LogP) is 3.49. The van der Waals surface area contributed by atoms with Gasteiger partial charge in [0.25, 0.3) is 0 Å². The molecule has 540 valence electrons. The Hall–Kier alpha value is -10.1. The van der Waals surface area contributed by atoms with Gasteiger partial charge in [0.2, 0.25) is 47.3 Å². The van der Waals surface area contributed by atoms with E-state index in [0.717, 1.165) is 28.7 Å². The minimum absolute atomic E-state index is 0.0261. The van der Waals surface area contributed by atoms with E-state index in [1.807, 2.05) is 78.9 Å². The van der Waals surface area contributed by atoms with Gasteiger partial charge in [-0.2, -0.15) is 0 Å². The SMILES string of the molecule is CN[C@@H](C)C(=O)N[C@H](C(=O)N[C@H]1CC=CCOc2ccc(cc2)C[C@H](C(=O)O)NC(=O)[C@H](Cc2ccc3ccccc3c2)NC(=O)C2[C@@H](CCN2C(=O)[C@@H](NC(=O)[C@H](C)NC)C(C)(C)C)OCc2cn(nn2)CC[C@@H](C(=O)OC)NC(=O)[C@H](Cc2ccc3ccccc3c2)NC1=O)C(C)(C)C. The number of benzene rings is 5. The molecule has 4 heterocycles. The van der Waals surface area contributed by atoms with Crippen molar-refractivity contribution in [3.8, 4) is 5.75 Å². The van der Waals surface area contributed by atoms with Gasteiger partial charge in [-0.05, 0) is 108 Å². The van der Waals surface area contributed by atoms with E-state index in [1.54, 1.807) is 112 Å². The number of amides is 8. The van der Waals surface area contributed by atoms with Crippen LogP contribution in [0.1, 0.15) is 97.0 Å². The van der Waals surface area contributed by atoms with Gasteiger partial charge in [0.15, 0.2) is 0 Å². The van der Waals surface area contributed by atoms with Crippen molar-refractivity contribution in [2.45, 2.75) is 174 Å².